The summed E-state index contributed by atoms with van der Waals surface area (Å²) >= 11 is 0. The third kappa shape index (κ3) is 5.31. The summed E-state index contributed by atoms with van der Waals surface area (Å²) in [5, 5.41) is 10.7. The molecule has 0 atom stereocenters. The molecule has 0 spiro atoms. The zero-order valence-corrected chi connectivity index (χ0v) is 10.9. The Bertz CT molecular complexity index is 616. The lowest BCUT2D eigenvalue weighted by atomic mass is 10.3. The number of carboxylic acid groups (broad SMARTS) is 1. The van der Waals surface area contributed by atoms with Gasteiger partial charge in [-0.3, -0.25) is 4.79 Å². The van der Waals surface area contributed by atoms with Gasteiger partial charge in [-0.05, 0) is 24.3 Å². The molecule has 0 unspecified atom stereocenters. The minimum atomic E-state index is -1.15. The van der Waals surface area contributed by atoms with Gasteiger partial charge in [-0.1, -0.05) is 0 Å². The van der Waals surface area contributed by atoms with Gasteiger partial charge in [0.05, 0.1) is 12.4 Å². The molecule has 2 N–H and O–H groups in total. The molecular weight excluding hydrogens is 284 g/mol. The number of hydrogen-bond acceptors (Lipinski definition) is 4. The number of amides is 1. The van der Waals surface area contributed by atoms with Crippen LogP contribution in [-0.4, -0.2) is 34.0 Å². The van der Waals surface area contributed by atoms with Crippen molar-refractivity contribution >= 4 is 11.9 Å². The number of carboxylic acids is 1. The Kier molecular flexibility index (Phi) is 5.87. The quantitative estimate of drug-likeness (QED) is 0.876. The lowest BCUT2D eigenvalue weighted by Crippen LogP contribution is -2.18. The first-order chi connectivity index (χ1) is 9.93. The molecule has 0 aliphatic heterocycles. The van der Waals surface area contributed by atoms with Crippen LogP contribution in [0.5, 0.6) is 0 Å². The maximum Gasteiger partial charge on any atom is 0.354 e. The molecule has 0 fully saturated rings. The van der Waals surface area contributed by atoms with Gasteiger partial charge in [-0.15, -0.1) is 0 Å². The van der Waals surface area contributed by atoms with Crippen LogP contribution in [0.4, 0.5) is 8.78 Å². The van der Waals surface area contributed by atoms with Crippen molar-refractivity contribution in [3.8, 4) is 0 Å². The summed E-state index contributed by atoms with van der Waals surface area (Å²) in [6.45, 7) is 0. The molecule has 0 saturated carbocycles. The molecule has 2 aromatic heterocycles. The van der Waals surface area contributed by atoms with Crippen LogP contribution >= 0.6 is 0 Å². The molecule has 2 heterocycles. The van der Waals surface area contributed by atoms with Gasteiger partial charge in [0, 0.05) is 7.05 Å². The Labute approximate surface area is 118 Å². The molecule has 8 heteroatoms. The van der Waals surface area contributed by atoms with Crippen molar-refractivity contribution in [1.29, 1.82) is 0 Å². The zero-order valence-electron chi connectivity index (χ0n) is 10.9. The molecule has 0 aromatic carbocycles. The molecule has 0 bridgehead atoms. The topological polar surface area (TPSA) is 92.2 Å². The van der Waals surface area contributed by atoms with Crippen LogP contribution in [0.2, 0.25) is 0 Å². The second-order valence-electron chi connectivity index (χ2n) is 3.61. The van der Waals surface area contributed by atoms with Crippen molar-refractivity contribution in [2.24, 2.45) is 0 Å². The van der Waals surface area contributed by atoms with Crippen molar-refractivity contribution in [2.75, 3.05) is 7.05 Å². The first-order valence-corrected chi connectivity index (χ1v) is 5.62. The number of halogens is 2. The van der Waals surface area contributed by atoms with Crippen molar-refractivity contribution in [3.05, 3.63) is 59.7 Å². The van der Waals surface area contributed by atoms with Gasteiger partial charge in [0.15, 0.2) is 0 Å². The molecule has 0 radical (unpaired) electrons. The van der Waals surface area contributed by atoms with E-state index in [2.05, 4.69) is 15.3 Å². The third-order valence-corrected chi connectivity index (χ3v) is 2.13. The lowest BCUT2D eigenvalue weighted by Gasteiger charge is -1.96. The maximum atomic E-state index is 12.3. The van der Waals surface area contributed by atoms with Crippen molar-refractivity contribution < 1.29 is 23.5 Å². The fourth-order valence-electron chi connectivity index (χ4n) is 1.14. The number of carbonyl (C=O) groups excluding carboxylic acids is 1. The minimum absolute atomic E-state index is 0.151. The van der Waals surface area contributed by atoms with Crippen LogP contribution in [0.3, 0.4) is 0 Å². The highest BCUT2D eigenvalue weighted by Gasteiger charge is 2.03. The highest BCUT2D eigenvalue weighted by Crippen LogP contribution is 1.97. The second kappa shape index (κ2) is 7.63. The highest BCUT2D eigenvalue weighted by molar-refractivity contribution is 5.91. The molecule has 0 aliphatic rings. The van der Waals surface area contributed by atoms with Gasteiger partial charge in [-0.2, -0.15) is 0 Å². The maximum absolute atomic E-state index is 12.3. The molecule has 0 saturated heterocycles. The van der Waals surface area contributed by atoms with Crippen LogP contribution in [0.1, 0.15) is 21.0 Å². The fraction of sp³-hybridized carbons (Fsp3) is 0.0769. The summed E-state index contributed by atoms with van der Waals surface area (Å²) in [6.07, 6.45) is 1.87. The molecule has 110 valence electrons. The molecule has 2 aromatic rings. The van der Waals surface area contributed by atoms with Crippen LogP contribution in [-0.2, 0) is 0 Å². The van der Waals surface area contributed by atoms with E-state index in [0.29, 0.717) is 0 Å². The summed E-state index contributed by atoms with van der Waals surface area (Å²) in [5.41, 5.74) is 0.0651. The standard InChI is InChI=1S/C7H7FN2O.C6H4FNO2/c1-9-7(11)6-3-2-5(8)4-10-6;7-4-1-2-5(6(9)10)8-3-4/h2-4H,1H3,(H,9,11);1-3H,(H,9,10). The first kappa shape index (κ1) is 16.2. The fourth-order valence-corrected chi connectivity index (χ4v) is 1.14. The summed E-state index contributed by atoms with van der Waals surface area (Å²) in [6, 6.07) is 4.68. The Balaban J connectivity index is 0.000000211. The van der Waals surface area contributed by atoms with Gasteiger partial charge < -0.3 is 10.4 Å². The zero-order chi connectivity index (χ0) is 15.8. The van der Waals surface area contributed by atoms with E-state index < -0.39 is 17.6 Å². The van der Waals surface area contributed by atoms with Crippen LogP contribution in [0.15, 0.2) is 36.7 Å². The molecule has 2 rings (SSSR count). The van der Waals surface area contributed by atoms with Gasteiger partial charge in [0.2, 0.25) is 0 Å². The van der Waals surface area contributed by atoms with E-state index in [1.54, 1.807) is 0 Å². The van der Waals surface area contributed by atoms with Crippen LogP contribution < -0.4 is 5.32 Å². The summed E-state index contributed by atoms with van der Waals surface area (Å²) < 4.78 is 24.4. The van der Waals surface area contributed by atoms with E-state index in [9.17, 15) is 18.4 Å². The largest absolute Gasteiger partial charge is 0.477 e. The normalized spacial score (nSPS) is 9.29. The van der Waals surface area contributed by atoms with E-state index in [-0.39, 0.29) is 17.3 Å². The average Bonchev–Trinajstić information content (AvgIpc) is 2.48. The summed E-state index contributed by atoms with van der Waals surface area (Å²) in [5.74, 6) is -2.45. The van der Waals surface area contributed by atoms with Crippen LogP contribution in [0, 0.1) is 11.6 Å². The van der Waals surface area contributed by atoms with Crippen LogP contribution in [0.25, 0.3) is 0 Å². The van der Waals surface area contributed by atoms with Crippen molar-refractivity contribution in [1.82, 2.24) is 15.3 Å². The monoisotopic (exact) mass is 295 g/mol. The SMILES string of the molecule is CNC(=O)c1ccc(F)cn1.O=C(O)c1ccc(F)cn1. The number of rotatable bonds is 2. The summed E-state index contributed by atoms with van der Waals surface area (Å²) in [7, 11) is 1.49. The van der Waals surface area contributed by atoms with Gasteiger partial charge in [0.1, 0.15) is 23.0 Å². The third-order valence-electron chi connectivity index (χ3n) is 2.13. The number of carbonyl (C=O) groups is 2. The highest BCUT2D eigenvalue weighted by atomic mass is 19.1. The Morgan fingerprint density at radius 1 is 1.00 bits per heavy atom. The number of aromatic nitrogens is 2. The van der Waals surface area contributed by atoms with E-state index in [1.165, 1.54) is 19.2 Å². The van der Waals surface area contributed by atoms with E-state index in [1.807, 2.05) is 0 Å². The number of aromatic carboxylic acids is 1. The predicted octanol–water partition coefficient (Wildman–Crippen LogP) is 1.50. The predicted molar refractivity (Wildman–Crippen MR) is 68.7 cm³/mol. The van der Waals surface area contributed by atoms with E-state index >= 15 is 0 Å². The number of hydrogen-bond donors (Lipinski definition) is 2. The second-order valence-corrected chi connectivity index (χ2v) is 3.61. The first-order valence-electron chi connectivity index (χ1n) is 5.62. The summed E-state index contributed by atoms with van der Waals surface area (Å²) in [4.78, 5) is 27.8. The number of nitrogens with one attached hydrogen (secondary N) is 1. The van der Waals surface area contributed by atoms with Crippen molar-refractivity contribution in [3.63, 3.8) is 0 Å². The average molecular weight is 295 g/mol. The Morgan fingerprint density at radius 2 is 1.48 bits per heavy atom. The number of nitrogens with zero attached hydrogens (tertiary/aromatic N) is 2. The Morgan fingerprint density at radius 3 is 1.81 bits per heavy atom. The minimum Gasteiger partial charge on any atom is -0.477 e. The number of pyridine rings is 2. The molecule has 0 aliphatic carbocycles. The Hall–Kier alpha value is -2.90. The molecule has 21 heavy (non-hydrogen) atoms. The van der Waals surface area contributed by atoms with E-state index in [4.69, 9.17) is 5.11 Å². The van der Waals surface area contributed by atoms with Gasteiger partial charge >= 0.3 is 5.97 Å². The van der Waals surface area contributed by atoms with Gasteiger partial charge in [-0.25, -0.2) is 23.5 Å². The molecular formula is C13H11F2N3O3. The molecule has 1 amide bonds. The smallest absolute Gasteiger partial charge is 0.354 e. The van der Waals surface area contributed by atoms with Crippen molar-refractivity contribution in [2.45, 2.75) is 0 Å². The van der Waals surface area contributed by atoms with E-state index in [0.717, 1.165) is 24.5 Å². The molecule has 6 nitrogen and oxygen atoms in total. The van der Waals surface area contributed by atoms with Gasteiger partial charge in [0.25, 0.3) is 5.91 Å². The lowest BCUT2D eigenvalue weighted by molar-refractivity contribution is 0.0690.